The van der Waals surface area contributed by atoms with E-state index in [9.17, 15) is 0 Å². The van der Waals surface area contributed by atoms with E-state index in [2.05, 4.69) is 0 Å². The number of halogens is 1. The molecule has 0 saturated carbocycles. The number of ether oxygens (including phenoxy) is 2. The van der Waals surface area contributed by atoms with Gasteiger partial charge in [-0.2, -0.15) is 0 Å². The lowest BCUT2D eigenvalue weighted by molar-refractivity contribution is 0.305. The Balaban J connectivity index is 1.67. The van der Waals surface area contributed by atoms with E-state index in [-0.39, 0.29) is 0 Å². The van der Waals surface area contributed by atoms with Gasteiger partial charge in [0, 0.05) is 16.7 Å². The largest absolute Gasteiger partial charge is 0.489 e. The summed E-state index contributed by atoms with van der Waals surface area (Å²) in [4.78, 5) is 0. The Morgan fingerprint density at radius 2 is 1.52 bits per heavy atom. The average Bonchev–Trinajstić information content (AvgIpc) is 2.57. The Labute approximate surface area is 141 Å². The highest BCUT2D eigenvalue weighted by atomic mass is 35.5. The summed E-state index contributed by atoms with van der Waals surface area (Å²) < 4.78 is 11.6. The number of hydrogen-bond acceptors (Lipinski definition) is 2. The smallest absolute Gasteiger partial charge is 0.131 e. The van der Waals surface area contributed by atoms with Gasteiger partial charge in [0.25, 0.3) is 0 Å². The van der Waals surface area contributed by atoms with Crippen LogP contribution in [0.5, 0.6) is 17.2 Å². The van der Waals surface area contributed by atoms with Gasteiger partial charge in [0.1, 0.15) is 23.9 Å². The first kappa shape index (κ1) is 15.4. The monoisotopic (exact) mass is 324 g/mol. The van der Waals surface area contributed by atoms with E-state index >= 15 is 0 Å². The molecular formula is C20H17ClO2. The Morgan fingerprint density at radius 1 is 0.783 bits per heavy atom. The molecule has 23 heavy (non-hydrogen) atoms. The van der Waals surface area contributed by atoms with E-state index in [0.717, 1.165) is 22.8 Å². The molecule has 3 heteroatoms. The predicted octanol–water partition coefficient (Wildman–Crippen LogP) is 6.02. The molecule has 0 bridgehead atoms. The summed E-state index contributed by atoms with van der Waals surface area (Å²) in [5.41, 5.74) is 2.16. The Kier molecular flexibility index (Phi) is 4.84. The van der Waals surface area contributed by atoms with Crippen LogP contribution >= 0.6 is 11.6 Å². The van der Waals surface area contributed by atoms with Crippen LogP contribution in [0.15, 0.2) is 72.8 Å². The van der Waals surface area contributed by atoms with Gasteiger partial charge in [-0.15, -0.1) is 0 Å². The van der Waals surface area contributed by atoms with E-state index in [0.29, 0.717) is 11.6 Å². The predicted molar refractivity (Wildman–Crippen MR) is 93.5 cm³/mol. The molecule has 0 aliphatic rings. The fourth-order valence-corrected chi connectivity index (χ4v) is 2.34. The van der Waals surface area contributed by atoms with Crippen molar-refractivity contribution in [3.05, 3.63) is 88.9 Å². The third-order valence-electron chi connectivity index (χ3n) is 3.41. The summed E-state index contributed by atoms with van der Waals surface area (Å²) in [6.45, 7) is 2.47. The molecule has 0 saturated heterocycles. The van der Waals surface area contributed by atoms with Gasteiger partial charge < -0.3 is 9.47 Å². The number of benzene rings is 3. The zero-order valence-electron chi connectivity index (χ0n) is 12.8. The summed E-state index contributed by atoms with van der Waals surface area (Å²) in [5, 5.41) is 0.708. The van der Waals surface area contributed by atoms with E-state index < -0.39 is 0 Å². The van der Waals surface area contributed by atoms with Gasteiger partial charge >= 0.3 is 0 Å². The van der Waals surface area contributed by atoms with E-state index in [1.165, 1.54) is 5.56 Å². The normalized spacial score (nSPS) is 10.3. The Morgan fingerprint density at radius 3 is 2.30 bits per heavy atom. The molecule has 0 amide bonds. The van der Waals surface area contributed by atoms with Crippen molar-refractivity contribution in [3.63, 3.8) is 0 Å². The van der Waals surface area contributed by atoms with Crippen LogP contribution in [0.2, 0.25) is 5.02 Å². The van der Waals surface area contributed by atoms with Crippen molar-refractivity contribution in [2.45, 2.75) is 13.5 Å². The molecular weight excluding hydrogens is 308 g/mol. The quantitative estimate of drug-likeness (QED) is 0.571. The maximum Gasteiger partial charge on any atom is 0.131 e. The molecule has 3 rings (SSSR count). The van der Waals surface area contributed by atoms with Crippen molar-refractivity contribution < 1.29 is 9.47 Å². The lowest BCUT2D eigenvalue weighted by Crippen LogP contribution is -1.96. The maximum absolute atomic E-state index is 6.14. The summed E-state index contributed by atoms with van der Waals surface area (Å²) in [6.07, 6.45) is 0. The van der Waals surface area contributed by atoms with Crippen LogP contribution in [0.3, 0.4) is 0 Å². The van der Waals surface area contributed by atoms with Crippen LogP contribution in [0, 0.1) is 6.92 Å². The lowest BCUT2D eigenvalue weighted by Gasteiger charge is -2.10. The van der Waals surface area contributed by atoms with Gasteiger partial charge in [-0.25, -0.2) is 0 Å². The summed E-state index contributed by atoms with van der Waals surface area (Å²) in [5.74, 6) is 2.29. The zero-order chi connectivity index (χ0) is 16.1. The topological polar surface area (TPSA) is 18.5 Å². The third-order valence-corrected chi connectivity index (χ3v) is 3.78. The van der Waals surface area contributed by atoms with E-state index in [4.69, 9.17) is 21.1 Å². The van der Waals surface area contributed by atoms with Gasteiger partial charge in [-0.1, -0.05) is 53.6 Å². The second-order valence-electron chi connectivity index (χ2n) is 5.27. The molecule has 0 fully saturated rings. The van der Waals surface area contributed by atoms with Crippen LogP contribution in [0.25, 0.3) is 0 Å². The molecule has 3 aromatic carbocycles. The highest BCUT2D eigenvalue weighted by molar-refractivity contribution is 6.31. The highest BCUT2D eigenvalue weighted by Gasteiger charge is 2.03. The average molecular weight is 325 g/mol. The molecule has 0 radical (unpaired) electrons. The zero-order valence-corrected chi connectivity index (χ0v) is 13.6. The number of hydrogen-bond donors (Lipinski definition) is 0. The number of rotatable bonds is 5. The Hall–Kier alpha value is -2.45. The van der Waals surface area contributed by atoms with Crippen molar-refractivity contribution in [1.29, 1.82) is 0 Å². The third kappa shape index (κ3) is 4.27. The molecule has 0 aromatic heterocycles. The summed E-state index contributed by atoms with van der Waals surface area (Å²) >= 11 is 6.14. The maximum atomic E-state index is 6.14. The van der Waals surface area contributed by atoms with Crippen LogP contribution < -0.4 is 9.47 Å². The molecule has 116 valence electrons. The molecule has 0 heterocycles. The SMILES string of the molecule is Cc1ccc(Oc2cccc(OCc3ccccc3Cl)c2)cc1. The summed E-state index contributed by atoms with van der Waals surface area (Å²) in [6, 6.07) is 23.2. The fraction of sp³-hybridized carbons (Fsp3) is 0.100. The van der Waals surface area contributed by atoms with Crippen molar-refractivity contribution in [2.75, 3.05) is 0 Å². The van der Waals surface area contributed by atoms with Crippen LogP contribution in [-0.4, -0.2) is 0 Å². The molecule has 0 aliphatic heterocycles. The lowest BCUT2D eigenvalue weighted by atomic mass is 10.2. The van der Waals surface area contributed by atoms with Gasteiger partial charge in [0.2, 0.25) is 0 Å². The second-order valence-corrected chi connectivity index (χ2v) is 5.68. The summed E-state index contributed by atoms with van der Waals surface area (Å²) in [7, 11) is 0. The molecule has 3 aromatic rings. The van der Waals surface area contributed by atoms with E-state index in [1.807, 2.05) is 79.7 Å². The van der Waals surface area contributed by atoms with Crippen LogP contribution in [-0.2, 0) is 6.61 Å². The molecule has 0 N–H and O–H groups in total. The van der Waals surface area contributed by atoms with Crippen LogP contribution in [0.4, 0.5) is 0 Å². The minimum absolute atomic E-state index is 0.424. The first-order valence-corrected chi connectivity index (χ1v) is 7.79. The van der Waals surface area contributed by atoms with Gasteiger partial charge in [-0.3, -0.25) is 0 Å². The highest BCUT2D eigenvalue weighted by Crippen LogP contribution is 2.26. The fourth-order valence-electron chi connectivity index (χ4n) is 2.15. The second kappa shape index (κ2) is 7.21. The van der Waals surface area contributed by atoms with Crippen molar-refractivity contribution in [3.8, 4) is 17.2 Å². The minimum atomic E-state index is 0.424. The van der Waals surface area contributed by atoms with Gasteiger partial charge in [0.05, 0.1) is 0 Å². The first-order valence-electron chi connectivity index (χ1n) is 7.41. The number of aryl methyl sites for hydroxylation is 1. The molecule has 0 spiro atoms. The van der Waals surface area contributed by atoms with E-state index in [1.54, 1.807) is 0 Å². The molecule has 2 nitrogen and oxygen atoms in total. The van der Waals surface area contributed by atoms with Crippen molar-refractivity contribution in [2.24, 2.45) is 0 Å². The first-order chi connectivity index (χ1) is 11.2. The molecule has 0 unspecified atom stereocenters. The van der Waals surface area contributed by atoms with Gasteiger partial charge in [-0.05, 0) is 37.3 Å². The standard InChI is InChI=1S/C20H17ClO2/c1-15-9-11-17(12-10-15)23-19-7-4-6-18(13-19)22-14-16-5-2-3-8-20(16)21/h2-13H,14H2,1H3. The van der Waals surface area contributed by atoms with Crippen LogP contribution in [0.1, 0.15) is 11.1 Å². The van der Waals surface area contributed by atoms with Crippen molar-refractivity contribution in [1.82, 2.24) is 0 Å². The van der Waals surface area contributed by atoms with Gasteiger partial charge in [0.15, 0.2) is 0 Å². The molecule has 0 aliphatic carbocycles. The minimum Gasteiger partial charge on any atom is -0.489 e. The molecule has 0 atom stereocenters. The Bertz CT molecular complexity index is 782. The van der Waals surface area contributed by atoms with Crippen molar-refractivity contribution >= 4 is 11.6 Å².